The fourth-order valence-electron chi connectivity index (χ4n) is 2.24. The summed E-state index contributed by atoms with van der Waals surface area (Å²) in [6.45, 7) is 3.57. The summed E-state index contributed by atoms with van der Waals surface area (Å²) in [7, 11) is 2.10. The Hall–Kier alpha value is -1.32. The van der Waals surface area contributed by atoms with Crippen molar-refractivity contribution < 1.29 is 0 Å². The van der Waals surface area contributed by atoms with Crippen molar-refractivity contribution in [1.82, 2.24) is 0 Å². The molecule has 0 atom stereocenters. The third kappa shape index (κ3) is 3.17. The maximum atomic E-state index is 5.86. The molecular weight excluding hydrogens is 300 g/mol. The van der Waals surface area contributed by atoms with Gasteiger partial charge in [-0.1, -0.05) is 46.3 Å². The number of hydrogen-bond acceptors (Lipinski definition) is 2. The van der Waals surface area contributed by atoms with Gasteiger partial charge in [-0.15, -0.1) is 0 Å². The van der Waals surface area contributed by atoms with Crippen LogP contribution in [0.5, 0.6) is 0 Å². The highest BCUT2D eigenvalue weighted by Gasteiger charge is 2.10. The zero-order chi connectivity index (χ0) is 13.8. The van der Waals surface area contributed by atoms with Crippen molar-refractivity contribution in [2.45, 2.75) is 20.0 Å². The number of nitrogens with zero attached hydrogens (tertiary/aromatic N) is 1. The van der Waals surface area contributed by atoms with E-state index in [0.717, 1.165) is 16.6 Å². The molecule has 0 aliphatic rings. The van der Waals surface area contributed by atoms with Crippen molar-refractivity contribution in [3.8, 4) is 0 Å². The van der Waals surface area contributed by atoms with E-state index in [2.05, 4.69) is 65.1 Å². The number of aryl methyl sites for hydroxylation is 1. The Bertz CT molecular complexity index is 566. The van der Waals surface area contributed by atoms with Gasteiger partial charge in [0.05, 0.1) is 0 Å². The number of anilines is 1. The second-order valence-electron chi connectivity index (χ2n) is 4.72. The van der Waals surface area contributed by atoms with Gasteiger partial charge in [-0.25, -0.2) is 0 Å². The van der Waals surface area contributed by atoms with Crippen LogP contribution >= 0.6 is 15.9 Å². The first-order valence-electron chi connectivity index (χ1n) is 6.36. The second kappa shape index (κ2) is 6.22. The number of halogens is 1. The quantitative estimate of drug-likeness (QED) is 0.927. The Morgan fingerprint density at radius 1 is 1.11 bits per heavy atom. The molecule has 3 heteroatoms. The molecule has 0 spiro atoms. The minimum atomic E-state index is 0.537. The molecular formula is C16H19BrN2. The van der Waals surface area contributed by atoms with Gasteiger partial charge in [0.25, 0.3) is 0 Å². The number of nitrogens with two attached hydrogens (primary N) is 1. The van der Waals surface area contributed by atoms with Crippen molar-refractivity contribution in [3.63, 3.8) is 0 Å². The van der Waals surface area contributed by atoms with Crippen molar-refractivity contribution in [2.75, 3.05) is 11.9 Å². The number of benzene rings is 2. The van der Waals surface area contributed by atoms with Gasteiger partial charge in [0.2, 0.25) is 0 Å². The van der Waals surface area contributed by atoms with E-state index in [-0.39, 0.29) is 0 Å². The van der Waals surface area contributed by atoms with Crippen LogP contribution in [0.4, 0.5) is 5.69 Å². The monoisotopic (exact) mass is 318 g/mol. The van der Waals surface area contributed by atoms with Gasteiger partial charge in [0.15, 0.2) is 0 Å². The maximum absolute atomic E-state index is 5.86. The predicted octanol–water partition coefficient (Wildman–Crippen LogP) is 3.85. The molecule has 0 bridgehead atoms. The van der Waals surface area contributed by atoms with E-state index in [0.29, 0.717) is 6.54 Å². The van der Waals surface area contributed by atoms with E-state index in [1.165, 1.54) is 16.8 Å². The lowest BCUT2D eigenvalue weighted by molar-refractivity contribution is 0.895. The van der Waals surface area contributed by atoms with Crippen LogP contribution in [0.1, 0.15) is 16.7 Å². The lowest BCUT2D eigenvalue weighted by atomic mass is 10.1. The van der Waals surface area contributed by atoms with E-state index < -0.39 is 0 Å². The van der Waals surface area contributed by atoms with E-state index in [9.17, 15) is 0 Å². The van der Waals surface area contributed by atoms with Crippen LogP contribution in [0.15, 0.2) is 46.9 Å². The first-order chi connectivity index (χ1) is 9.13. The molecule has 2 aromatic rings. The number of hydrogen-bond donors (Lipinski definition) is 1. The van der Waals surface area contributed by atoms with E-state index in [1.54, 1.807) is 0 Å². The summed E-state index contributed by atoms with van der Waals surface area (Å²) in [5, 5.41) is 0. The van der Waals surface area contributed by atoms with Gasteiger partial charge in [0.1, 0.15) is 0 Å². The zero-order valence-corrected chi connectivity index (χ0v) is 12.9. The van der Waals surface area contributed by atoms with Crippen LogP contribution < -0.4 is 10.6 Å². The van der Waals surface area contributed by atoms with Gasteiger partial charge in [-0.3, -0.25) is 0 Å². The number of rotatable bonds is 4. The predicted molar refractivity (Wildman–Crippen MR) is 85.3 cm³/mol. The van der Waals surface area contributed by atoms with Crippen molar-refractivity contribution in [3.05, 3.63) is 63.6 Å². The summed E-state index contributed by atoms with van der Waals surface area (Å²) in [5.74, 6) is 0. The third-order valence-corrected chi connectivity index (χ3v) is 4.12. The SMILES string of the molecule is Cc1ccccc1CN(C)c1cccc(Br)c1CN. The Balaban J connectivity index is 2.28. The fourth-order valence-corrected chi connectivity index (χ4v) is 2.75. The molecule has 2 aromatic carbocycles. The molecule has 2 rings (SSSR count). The topological polar surface area (TPSA) is 29.3 Å². The molecule has 0 aliphatic carbocycles. The van der Waals surface area contributed by atoms with Crippen LogP contribution in [-0.2, 0) is 13.1 Å². The van der Waals surface area contributed by atoms with E-state index >= 15 is 0 Å². The molecule has 0 unspecified atom stereocenters. The van der Waals surface area contributed by atoms with E-state index in [1.807, 2.05) is 12.1 Å². The molecule has 0 aromatic heterocycles. The molecule has 0 heterocycles. The average molecular weight is 319 g/mol. The van der Waals surface area contributed by atoms with Crippen LogP contribution in [0.25, 0.3) is 0 Å². The lowest BCUT2D eigenvalue weighted by Gasteiger charge is -2.23. The first-order valence-corrected chi connectivity index (χ1v) is 7.16. The third-order valence-electron chi connectivity index (χ3n) is 3.38. The molecule has 19 heavy (non-hydrogen) atoms. The highest BCUT2D eigenvalue weighted by Crippen LogP contribution is 2.28. The van der Waals surface area contributed by atoms with Crippen molar-refractivity contribution in [1.29, 1.82) is 0 Å². The molecule has 0 fully saturated rings. The standard InChI is InChI=1S/C16H19BrN2/c1-12-6-3-4-7-13(12)11-19(2)16-9-5-8-15(17)14(16)10-18/h3-9H,10-11,18H2,1-2H3. The molecule has 2 N–H and O–H groups in total. The highest BCUT2D eigenvalue weighted by atomic mass is 79.9. The summed E-state index contributed by atoms with van der Waals surface area (Å²) < 4.78 is 1.07. The largest absolute Gasteiger partial charge is 0.370 e. The summed E-state index contributed by atoms with van der Waals surface area (Å²) >= 11 is 3.57. The van der Waals surface area contributed by atoms with Crippen molar-refractivity contribution in [2.24, 2.45) is 5.73 Å². The van der Waals surface area contributed by atoms with Crippen LogP contribution in [0, 0.1) is 6.92 Å². The molecule has 0 aliphatic heterocycles. The van der Waals surface area contributed by atoms with Crippen LogP contribution in [0.2, 0.25) is 0 Å². The molecule has 0 saturated carbocycles. The maximum Gasteiger partial charge on any atom is 0.0428 e. The molecule has 2 nitrogen and oxygen atoms in total. The molecule has 100 valence electrons. The van der Waals surface area contributed by atoms with Gasteiger partial charge < -0.3 is 10.6 Å². The Morgan fingerprint density at radius 2 is 1.84 bits per heavy atom. The van der Waals surface area contributed by atoms with E-state index in [4.69, 9.17) is 5.73 Å². The minimum absolute atomic E-state index is 0.537. The van der Waals surface area contributed by atoms with Crippen LogP contribution in [0.3, 0.4) is 0 Å². The van der Waals surface area contributed by atoms with Gasteiger partial charge in [-0.05, 0) is 30.2 Å². The molecule has 0 radical (unpaired) electrons. The fraction of sp³-hybridized carbons (Fsp3) is 0.250. The Labute approximate surface area is 123 Å². The normalized spacial score (nSPS) is 10.5. The zero-order valence-electron chi connectivity index (χ0n) is 11.4. The van der Waals surface area contributed by atoms with Gasteiger partial charge >= 0.3 is 0 Å². The smallest absolute Gasteiger partial charge is 0.0428 e. The molecule has 0 saturated heterocycles. The van der Waals surface area contributed by atoms with Crippen molar-refractivity contribution >= 4 is 21.6 Å². The average Bonchev–Trinajstić information content (AvgIpc) is 2.41. The second-order valence-corrected chi connectivity index (χ2v) is 5.58. The summed E-state index contributed by atoms with van der Waals surface area (Å²) in [5.41, 5.74) is 10.8. The Kier molecular flexibility index (Phi) is 4.61. The Morgan fingerprint density at radius 3 is 2.53 bits per heavy atom. The first kappa shape index (κ1) is 14.1. The van der Waals surface area contributed by atoms with Crippen LogP contribution in [-0.4, -0.2) is 7.05 Å². The molecule has 0 amide bonds. The minimum Gasteiger partial charge on any atom is -0.370 e. The highest BCUT2D eigenvalue weighted by molar-refractivity contribution is 9.10. The lowest BCUT2D eigenvalue weighted by Crippen LogP contribution is -2.19. The summed E-state index contributed by atoms with van der Waals surface area (Å²) in [6, 6.07) is 14.7. The van der Waals surface area contributed by atoms with Gasteiger partial charge in [-0.2, -0.15) is 0 Å². The summed E-state index contributed by atoms with van der Waals surface area (Å²) in [6.07, 6.45) is 0. The van der Waals surface area contributed by atoms with Gasteiger partial charge in [0, 0.05) is 35.9 Å². The summed E-state index contributed by atoms with van der Waals surface area (Å²) in [4.78, 5) is 2.25.